The first kappa shape index (κ1) is 17.5. The molecule has 0 radical (unpaired) electrons. The third-order valence-electron chi connectivity index (χ3n) is 3.81. The lowest BCUT2D eigenvalue weighted by Gasteiger charge is -2.23. The van der Waals surface area contributed by atoms with Crippen LogP contribution in [0, 0.1) is 13.8 Å². The molecule has 0 aliphatic rings. The fourth-order valence-corrected chi connectivity index (χ4v) is 3.13. The second-order valence-electron chi connectivity index (χ2n) is 6.02. The van der Waals surface area contributed by atoms with Gasteiger partial charge in [0.25, 0.3) is 0 Å². The number of nitrogens with one attached hydrogen (secondary N) is 2. The Morgan fingerprint density at radius 1 is 1.52 bits per heavy atom. The van der Waals surface area contributed by atoms with Gasteiger partial charge in [0.05, 0.1) is 12.2 Å². The second-order valence-corrected chi connectivity index (χ2v) is 6.80. The van der Waals surface area contributed by atoms with E-state index in [-0.39, 0.29) is 18.6 Å². The van der Waals surface area contributed by atoms with E-state index in [0.29, 0.717) is 6.42 Å². The Hall–Kier alpha value is -1.86. The Bertz CT molecular complexity index is 630. The molecule has 2 aromatic heterocycles. The molecule has 0 saturated heterocycles. The van der Waals surface area contributed by atoms with Crippen LogP contribution in [0.4, 0.5) is 4.79 Å². The van der Waals surface area contributed by atoms with Crippen molar-refractivity contribution in [3.8, 4) is 0 Å². The predicted octanol–water partition coefficient (Wildman–Crippen LogP) is 2.49. The summed E-state index contributed by atoms with van der Waals surface area (Å²) in [4.78, 5) is 12.0. The average Bonchev–Trinajstić information content (AvgIpc) is 3.11. The van der Waals surface area contributed by atoms with Crippen LogP contribution in [0.3, 0.4) is 0 Å². The standard InChI is InChI=1S/C16H23N3O3S/c1-10(7-14-11(2)19-22-12(14)3)18-15(20)17-9-16(4,21)13-5-6-23-8-13/h5-6,8,10,21H,7,9H2,1-4H3,(H2,17,18,20). The molecule has 0 aliphatic heterocycles. The van der Waals surface area contributed by atoms with Gasteiger partial charge in [0.1, 0.15) is 11.4 Å². The van der Waals surface area contributed by atoms with Gasteiger partial charge in [-0.3, -0.25) is 0 Å². The Morgan fingerprint density at radius 3 is 2.83 bits per heavy atom. The van der Waals surface area contributed by atoms with Gasteiger partial charge in [-0.05, 0) is 56.5 Å². The number of carbonyl (C=O) groups excluding carboxylic acids is 1. The maximum Gasteiger partial charge on any atom is 0.315 e. The summed E-state index contributed by atoms with van der Waals surface area (Å²) in [5.74, 6) is 0.775. The van der Waals surface area contributed by atoms with Gasteiger partial charge in [-0.1, -0.05) is 5.16 Å². The minimum Gasteiger partial charge on any atom is -0.384 e. The van der Waals surface area contributed by atoms with Crippen molar-refractivity contribution < 1.29 is 14.4 Å². The molecule has 0 bridgehead atoms. The summed E-state index contributed by atoms with van der Waals surface area (Å²) in [6.45, 7) is 7.50. The number of nitrogens with zero attached hydrogens (tertiary/aromatic N) is 1. The van der Waals surface area contributed by atoms with Crippen LogP contribution < -0.4 is 10.6 Å². The predicted molar refractivity (Wildman–Crippen MR) is 89.6 cm³/mol. The van der Waals surface area contributed by atoms with Crippen molar-refractivity contribution in [1.29, 1.82) is 0 Å². The number of aromatic nitrogens is 1. The van der Waals surface area contributed by atoms with Crippen LogP contribution in [0.1, 0.15) is 36.4 Å². The molecule has 2 unspecified atom stereocenters. The molecule has 0 aromatic carbocycles. The third-order valence-corrected chi connectivity index (χ3v) is 4.49. The number of amides is 2. The molecule has 2 amide bonds. The molecule has 2 heterocycles. The van der Waals surface area contributed by atoms with Crippen molar-refractivity contribution in [1.82, 2.24) is 15.8 Å². The van der Waals surface area contributed by atoms with Crippen LogP contribution in [-0.2, 0) is 12.0 Å². The highest BCUT2D eigenvalue weighted by Gasteiger charge is 2.24. The molecule has 126 valence electrons. The summed E-state index contributed by atoms with van der Waals surface area (Å²) in [5, 5.41) is 23.6. The maximum absolute atomic E-state index is 12.0. The van der Waals surface area contributed by atoms with Crippen molar-refractivity contribution in [3.63, 3.8) is 0 Å². The van der Waals surface area contributed by atoms with Gasteiger partial charge in [-0.15, -0.1) is 0 Å². The Labute approximate surface area is 139 Å². The van der Waals surface area contributed by atoms with E-state index in [4.69, 9.17) is 4.52 Å². The molecule has 0 fully saturated rings. The van der Waals surface area contributed by atoms with Gasteiger partial charge >= 0.3 is 6.03 Å². The lowest BCUT2D eigenvalue weighted by molar-refractivity contribution is 0.0597. The minimum atomic E-state index is -1.08. The molecule has 7 heteroatoms. The van der Waals surface area contributed by atoms with E-state index in [1.165, 1.54) is 11.3 Å². The Balaban J connectivity index is 1.83. The second kappa shape index (κ2) is 7.14. The van der Waals surface area contributed by atoms with Crippen LogP contribution in [0.5, 0.6) is 0 Å². The summed E-state index contributed by atoms with van der Waals surface area (Å²) in [7, 11) is 0. The first-order chi connectivity index (χ1) is 10.8. The lowest BCUT2D eigenvalue weighted by atomic mass is 9.99. The summed E-state index contributed by atoms with van der Waals surface area (Å²) in [5.41, 5.74) is 1.58. The molecular formula is C16H23N3O3S. The first-order valence-corrected chi connectivity index (χ1v) is 8.45. The van der Waals surface area contributed by atoms with Crippen molar-refractivity contribution >= 4 is 17.4 Å². The van der Waals surface area contributed by atoms with Gasteiger partial charge < -0.3 is 20.3 Å². The monoisotopic (exact) mass is 337 g/mol. The van der Waals surface area contributed by atoms with Crippen LogP contribution in [0.15, 0.2) is 21.3 Å². The fraction of sp³-hybridized carbons (Fsp3) is 0.500. The molecule has 0 spiro atoms. The number of carbonyl (C=O) groups is 1. The van der Waals surface area contributed by atoms with Crippen LogP contribution in [-0.4, -0.2) is 28.9 Å². The SMILES string of the molecule is Cc1noc(C)c1CC(C)NC(=O)NCC(C)(O)c1ccsc1. The topological polar surface area (TPSA) is 87.4 Å². The largest absolute Gasteiger partial charge is 0.384 e. The van der Waals surface area contributed by atoms with Gasteiger partial charge in [-0.2, -0.15) is 11.3 Å². The number of urea groups is 1. The van der Waals surface area contributed by atoms with E-state index >= 15 is 0 Å². The fourth-order valence-electron chi connectivity index (χ4n) is 2.35. The molecule has 0 saturated carbocycles. The highest BCUT2D eigenvalue weighted by atomic mass is 32.1. The van der Waals surface area contributed by atoms with E-state index in [1.54, 1.807) is 6.92 Å². The van der Waals surface area contributed by atoms with Crippen LogP contribution >= 0.6 is 11.3 Å². The molecule has 3 N–H and O–H groups in total. The number of aliphatic hydroxyl groups is 1. The average molecular weight is 337 g/mol. The van der Waals surface area contributed by atoms with E-state index in [9.17, 15) is 9.90 Å². The van der Waals surface area contributed by atoms with Crippen molar-refractivity contribution in [2.24, 2.45) is 0 Å². The van der Waals surface area contributed by atoms with Gasteiger partial charge in [0.2, 0.25) is 0 Å². The van der Waals surface area contributed by atoms with E-state index in [2.05, 4.69) is 15.8 Å². The van der Waals surface area contributed by atoms with Gasteiger partial charge in [-0.25, -0.2) is 4.79 Å². The number of rotatable bonds is 6. The number of hydrogen-bond donors (Lipinski definition) is 3. The molecule has 2 atom stereocenters. The van der Waals surface area contributed by atoms with Crippen molar-refractivity contribution in [3.05, 3.63) is 39.4 Å². The minimum absolute atomic E-state index is 0.0714. The normalized spacial score (nSPS) is 15.0. The number of hydrogen-bond acceptors (Lipinski definition) is 5. The van der Waals surface area contributed by atoms with Crippen LogP contribution in [0.2, 0.25) is 0 Å². The zero-order chi connectivity index (χ0) is 17.0. The Morgan fingerprint density at radius 2 is 2.26 bits per heavy atom. The van der Waals surface area contributed by atoms with Crippen molar-refractivity contribution in [2.75, 3.05) is 6.54 Å². The smallest absolute Gasteiger partial charge is 0.315 e. The molecule has 23 heavy (non-hydrogen) atoms. The lowest BCUT2D eigenvalue weighted by Crippen LogP contribution is -2.46. The number of thiophene rings is 1. The molecular weight excluding hydrogens is 314 g/mol. The zero-order valence-corrected chi connectivity index (χ0v) is 14.7. The molecule has 6 nitrogen and oxygen atoms in total. The van der Waals surface area contributed by atoms with Crippen molar-refractivity contribution in [2.45, 2.75) is 45.8 Å². The third kappa shape index (κ3) is 4.56. The quantitative estimate of drug-likeness (QED) is 0.756. The van der Waals surface area contributed by atoms with Gasteiger partial charge in [0.15, 0.2) is 0 Å². The Kier molecular flexibility index (Phi) is 5.43. The van der Waals surface area contributed by atoms with E-state index < -0.39 is 5.60 Å². The summed E-state index contributed by atoms with van der Waals surface area (Å²) >= 11 is 1.51. The summed E-state index contributed by atoms with van der Waals surface area (Å²) in [6.07, 6.45) is 0.648. The zero-order valence-electron chi connectivity index (χ0n) is 13.8. The maximum atomic E-state index is 12.0. The first-order valence-electron chi connectivity index (χ1n) is 7.51. The molecule has 2 rings (SSSR count). The highest BCUT2D eigenvalue weighted by molar-refractivity contribution is 7.08. The van der Waals surface area contributed by atoms with E-state index in [1.807, 2.05) is 37.6 Å². The summed E-state index contributed by atoms with van der Waals surface area (Å²) in [6, 6.07) is 1.47. The van der Waals surface area contributed by atoms with E-state index in [0.717, 1.165) is 22.6 Å². The van der Waals surface area contributed by atoms with Crippen LogP contribution in [0.25, 0.3) is 0 Å². The number of aryl methyl sites for hydroxylation is 2. The molecule has 0 aliphatic carbocycles. The molecule has 2 aromatic rings. The highest BCUT2D eigenvalue weighted by Crippen LogP contribution is 2.22. The summed E-state index contributed by atoms with van der Waals surface area (Å²) < 4.78 is 5.12. The van der Waals surface area contributed by atoms with Gasteiger partial charge in [0, 0.05) is 11.6 Å².